The minimum atomic E-state index is -0.534. The molecule has 14 heavy (non-hydrogen) atoms. The highest BCUT2D eigenvalue weighted by molar-refractivity contribution is 6.53. The minimum absolute atomic E-state index is 0.0474. The Morgan fingerprint density at radius 1 is 0.786 bits per heavy atom. The summed E-state index contributed by atoms with van der Waals surface area (Å²) in [6, 6.07) is 0. The SMILES string of the molecule is C[C@]12C[C@@H]3C(Cl)(Cl)[C@@]3(C)C[C@@H]1C2(Cl)Cl. The zero-order chi connectivity index (χ0) is 10.6. The zero-order valence-corrected chi connectivity index (χ0v) is 11.1. The molecule has 0 bridgehead atoms. The molecule has 3 fully saturated rings. The Morgan fingerprint density at radius 3 is 1.36 bits per heavy atom. The van der Waals surface area contributed by atoms with Crippen molar-refractivity contribution in [2.45, 2.75) is 35.4 Å². The van der Waals surface area contributed by atoms with Gasteiger partial charge in [0, 0.05) is 22.7 Å². The Morgan fingerprint density at radius 2 is 1.07 bits per heavy atom. The molecule has 80 valence electrons. The van der Waals surface area contributed by atoms with Crippen LogP contribution in [0.2, 0.25) is 0 Å². The first-order chi connectivity index (χ1) is 6.18. The van der Waals surface area contributed by atoms with E-state index in [-0.39, 0.29) is 10.8 Å². The lowest BCUT2D eigenvalue weighted by atomic mass is 9.84. The Bertz CT molecular complexity index is 292. The lowest BCUT2D eigenvalue weighted by Gasteiger charge is -2.19. The normalized spacial score (nSPS) is 61.3. The molecule has 3 aliphatic rings. The molecule has 0 unspecified atom stereocenters. The smallest absolute Gasteiger partial charge is 0.101 e. The van der Waals surface area contributed by atoms with Crippen LogP contribution in [0, 0.1) is 22.7 Å². The molecule has 3 rings (SSSR count). The van der Waals surface area contributed by atoms with Gasteiger partial charge in [0.2, 0.25) is 0 Å². The van der Waals surface area contributed by atoms with E-state index in [1.807, 2.05) is 0 Å². The Hall–Kier alpha value is 1.16. The minimum Gasteiger partial charge on any atom is -0.101 e. The third-order valence-corrected chi connectivity index (χ3v) is 7.81. The molecule has 0 saturated heterocycles. The lowest BCUT2D eigenvalue weighted by molar-refractivity contribution is 0.283. The van der Waals surface area contributed by atoms with Gasteiger partial charge in [-0.1, -0.05) is 13.8 Å². The number of rotatable bonds is 0. The number of alkyl halides is 4. The second-order valence-corrected chi connectivity index (χ2v) is 8.37. The molecule has 0 aromatic carbocycles. The number of hydrogen-bond acceptors (Lipinski definition) is 0. The first-order valence-corrected chi connectivity index (χ1v) is 6.45. The van der Waals surface area contributed by atoms with Crippen LogP contribution < -0.4 is 0 Å². The van der Waals surface area contributed by atoms with Crippen molar-refractivity contribution in [3.05, 3.63) is 0 Å². The van der Waals surface area contributed by atoms with Gasteiger partial charge in [0.25, 0.3) is 0 Å². The monoisotopic (exact) mass is 272 g/mol. The molecule has 0 aromatic heterocycles. The van der Waals surface area contributed by atoms with Gasteiger partial charge >= 0.3 is 0 Å². The molecule has 0 spiro atoms. The topological polar surface area (TPSA) is 0 Å². The van der Waals surface area contributed by atoms with Crippen molar-refractivity contribution in [2.75, 3.05) is 0 Å². The standard InChI is InChI=1S/C10H12Cl4/c1-7-3-6-8(2,10(6,13)14)4-5(7)9(7,11)12/h5-6H,3-4H2,1-2H3/t5-,6-,7-,8-/m0/s1. The fourth-order valence-corrected chi connectivity index (χ4v) is 5.35. The molecule has 3 saturated carbocycles. The van der Waals surface area contributed by atoms with E-state index in [0.29, 0.717) is 11.8 Å². The molecule has 4 heteroatoms. The van der Waals surface area contributed by atoms with Crippen LogP contribution in [0.1, 0.15) is 26.7 Å². The largest absolute Gasteiger partial charge is 0.127 e. The van der Waals surface area contributed by atoms with Crippen LogP contribution in [0.5, 0.6) is 0 Å². The van der Waals surface area contributed by atoms with Crippen molar-refractivity contribution in [3.63, 3.8) is 0 Å². The maximum atomic E-state index is 6.27. The lowest BCUT2D eigenvalue weighted by Crippen LogP contribution is -2.13. The molecular formula is C10H12Cl4. The molecule has 0 heterocycles. The summed E-state index contributed by atoms with van der Waals surface area (Å²) in [5, 5.41) is 0. The fourth-order valence-electron chi connectivity index (χ4n) is 3.46. The van der Waals surface area contributed by atoms with Crippen LogP contribution in [0.3, 0.4) is 0 Å². The van der Waals surface area contributed by atoms with E-state index in [0.717, 1.165) is 12.8 Å². The Kier molecular flexibility index (Phi) is 1.64. The molecule has 0 aliphatic heterocycles. The van der Waals surface area contributed by atoms with Crippen LogP contribution in [0.25, 0.3) is 0 Å². The summed E-state index contributed by atoms with van der Waals surface area (Å²) in [5.74, 6) is 0.748. The van der Waals surface area contributed by atoms with E-state index < -0.39 is 8.67 Å². The number of hydrogen-bond donors (Lipinski definition) is 0. The molecule has 4 atom stereocenters. The second kappa shape index (κ2) is 2.23. The fraction of sp³-hybridized carbons (Fsp3) is 1.00. The van der Waals surface area contributed by atoms with Crippen LogP contribution >= 0.6 is 46.4 Å². The van der Waals surface area contributed by atoms with Crippen molar-refractivity contribution >= 4 is 46.4 Å². The van der Waals surface area contributed by atoms with Gasteiger partial charge in [-0.05, 0) is 12.8 Å². The van der Waals surface area contributed by atoms with Crippen LogP contribution in [0.15, 0.2) is 0 Å². The Balaban J connectivity index is 1.93. The highest BCUT2D eigenvalue weighted by Gasteiger charge is 2.86. The van der Waals surface area contributed by atoms with E-state index in [4.69, 9.17) is 46.4 Å². The van der Waals surface area contributed by atoms with Crippen molar-refractivity contribution in [1.82, 2.24) is 0 Å². The average Bonchev–Trinajstić information content (AvgIpc) is 2.65. The molecule has 0 nitrogen and oxygen atoms in total. The van der Waals surface area contributed by atoms with E-state index in [1.165, 1.54) is 0 Å². The maximum absolute atomic E-state index is 6.27. The van der Waals surface area contributed by atoms with Gasteiger partial charge in [0.15, 0.2) is 0 Å². The molecule has 0 amide bonds. The number of fused-ring (bicyclic) bond motifs is 2. The summed E-state index contributed by atoms with van der Waals surface area (Å²) in [6.07, 6.45) is 1.93. The first-order valence-electron chi connectivity index (χ1n) is 4.93. The van der Waals surface area contributed by atoms with E-state index in [2.05, 4.69) is 13.8 Å². The predicted octanol–water partition coefficient (Wildman–Crippen LogP) is 4.40. The maximum Gasteiger partial charge on any atom is 0.127 e. The first kappa shape index (κ1) is 10.3. The van der Waals surface area contributed by atoms with E-state index in [1.54, 1.807) is 0 Å². The molecule has 0 aromatic rings. The van der Waals surface area contributed by atoms with Gasteiger partial charge in [0.1, 0.15) is 8.67 Å². The molecular weight excluding hydrogens is 262 g/mol. The van der Waals surface area contributed by atoms with Gasteiger partial charge in [0.05, 0.1) is 0 Å². The third kappa shape index (κ3) is 0.805. The van der Waals surface area contributed by atoms with Gasteiger partial charge in [-0.25, -0.2) is 0 Å². The summed E-state index contributed by atoms with van der Waals surface area (Å²) in [7, 11) is 0. The van der Waals surface area contributed by atoms with Gasteiger partial charge in [-0.15, -0.1) is 46.4 Å². The van der Waals surface area contributed by atoms with Gasteiger partial charge in [-0.2, -0.15) is 0 Å². The van der Waals surface area contributed by atoms with Crippen molar-refractivity contribution < 1.29 is 0 Å². The van der Waals surface area contributed by atoms with E-state index >= 15 is 0 Å². The summed E-state index contributed by atoms with van der Waals surface area (Å²) in [5.41, 5.74) is 0.0949. The van der Waals surface area contributed by atoms with Crippen LogP contribution in [-0.2, 0) is 0 Å². The third-order valence-electron chi connectivity index (χ3n) is 5.03. The summed E-state index contributed by atoms with van der Waals surface area (Å²) >= 11 is 25.1. The van der Waals surface area contributed by atoms with Crippen molar-refractivity contribution in [3.8, 4) is 0 Å². The highest BCUT2D eigenvalue weighted by Crippen LogP contribution is 2.87. The highest BCUT2D eigenvalue weighted by atomic mass is 35.5. The molecule has 0 N–H and O–H groups in total. The van der Waals surface area contributed by atoms with Gasteiger partial charge in [-0.3, -0.25) is 0 Å². The second-order valence-electron chi connectivity index (χ2n) is 5.59. The van der Waals surface area contributed by atoms with Crippen LogP contribution in [-0.4, -0.2) is 8.67 Å². The average molecular weight is 274 g/mol. The quantitative estimate of drug-likeness (QED) is 0.574. The van der Waals surface area contributed by atoms with Crippen LogP contribution in [0.4, 0.5) is 0 Å². The number of halogens is 4. The predicted molar refractivity (Wildman–Crippen MR) is 61.3 cm³/mol. The van der Waals surface area contributed by atoms with Crippen molar-refractivity contribution in [1.29, 1.82) is 0 Å². The van der Waals surface area contributed by atoms with Crippen molar-refractivity contribution in [2.24, 2.45) is 22.7 Å². The zero-order valence-electron chi connectivity index (χ0n) is 8.08. The summed E-state index contributed by atoms with van der Waals surface area (Å²) < 4.78 is -1.07. The molecule has 0 radical (unpaired) electrons. The molecule has 3 aliphatic carbocycles. The summed E-state index contributed by atoms with van der Waals surface area (Å²) in [4.78, 5) is 0. The van der Waals surface area contributed by atoms with E-state index in [9.17, 15) is 0 Å². The van der Waals surface area contributed by atoms with Gasteiger partial charge < -0.3 is 0 Å². The summed E-state index contributed by atoms with van der Waals surface area (Å²) in [6.45, 7) is 4.30. The Labute approximate surface area is 104 Å².